The Balaban J connectivity index is 1.58. The van der Waals surface area contributed by atoms with Gasteiger partial charge < -0.3 is 5.32 Å². The first kappa shape index (κ1) is 19.4. The second-order valence-corrected chi connectivity index (χ2v) is 8.19. The van der Waals surface area contributed by atoms with Crippen molar-refractivity contribution in [1.82, 2.24) is 24.9 Å². The summed E-state index contributed by atoms with van der Waals surface area (Å²) < 4.78 is 1.75. The van der Waals surface area contributed by atoms with Crippen LogP contribution in [-0.2, 0) is 11.3 Å². The Labute approximate surface area is 173 Å². The predicted octanol–water partition coefficient (Wildman–Crippen LogP) is 4.08. The van der Waals surface area contributed by atoms with Crippen molar-refractivity contribution < 1.29 is 4.79 Å². The highest BCUT2D eigenvalue weighted by molar-refractivity contribution is 8.00. The fourth-order valence-corrected chi connectivity index (χ4v) is 4.16. The Morgan fingerprint density at radius 1 is 1.10 bits per heavy atom. The average Bonchev–Trinajstić information content (AvgIpc) is 3.13. The molecule has 0 aliphatic carbocycles. The molecule has 2 aromatic heterocycles. The van der Waals surface area contributed by atoms with Crippen LogP contribution in [0.25, 0.3) is 16.6 Å². The summed E-state index contributed by atoms with van der Waals surface area (Å²) in [6, 6.07) is 16.1. The van der Waals surface area contributed by atoms with Gasteiger partial charge in [0.2, 0.25) is 5.91 Å². The van der Waals surface area contributed by atoms with E-state index in [4.69, 9.17) is 4.98 Å². The second-order valence-electron chi connectivity index (χ2n) is 7.02. The van der Waals surface area contributed by atoms with Crippen LogP contribution in [0.3, 0.4) is 0 Å². The number of fused-ring (bicyclic) bond motifs is 3. The molecule has 0 unspecified atom stereocenters. The minimum absolute atomic E-state index is 0.00183. The lowest BCUT2D eigenvalue weighted by Gasteiger charge is -2.15. The van der Waals surface area contributed by atoms with Crippen molar-refractivity contribution >= 4 is 34.2 Å². The van der Waals surface area contributed by atoms with Gasteiger partial charge in [-0.1, -0.05) is 60.6 Å². The minimum atomic E-state index is -0.262. The SMILES string of the molecule is CC[C@@H](Sc1nc2ccccc2c2nc(C)nn12)C(=O)NCc1ccc(C)cc1. The van der Waals surface area contributed by atoms with Gasteiger partial charge in [0.15, 0.2) is 10.8 Å². The molecule has 0 saturated carbocycles. The van der Waals surface area contributed by atoms with Crippen LogP contribution in [0, 0.1) is 13.8 Å². The zero-order valence-electron chi connectivity index (χ0n) is 16.7. The minimum Gasteiger partial charge on any atom is -0.351 e. The maximum Gasteiger partial charge on any atom is 0.233 e. The third-order valence-corrected chi connectivity index (χ3v) is 6.06. The molecule has 7 heteroatoms. The largest absolute Gasteiger partial charge is 0.351 e. The number of nitrogens with zero attached hydrogens (tertiary/aromatic N) is 4. The van der Waals surface area contributed by atoms with Gasteiger partial charge in [-0.3, -0.25) is 4.79 Å². The van der Waals surface area contributed by atoms with Gasteiger partial charge in [-0.05, 0) is 38.0 Å². The Morgan fingerprint density at radius 3 is 2.62 bits per heavy atom. The zero-order chi connectivity index (χ0) is 20.4. The van der Waals surface area contributed by atoms with Gasteiger partial charge in [0.25, 0.3) is 0 Å². The molecular weight excluding hydrogens is 382 g/mol. The van der Waals surface area contributed by atoms with Crippen LogP contribution >= 0.6 is 11.8 Å². The lowest BCUT2D eigenvalue weighted by atomic mass is 10.1. The Morgan fingerprint density at radius 2 is 1.86 bits per heavy atom. The van der Waals surface area contributed by atoms with Crippen molar-refractivity contribution in [3.05, 3.63) is 65.5 Å². The first-order valence-electron chi connectivity index (χ1n) is 9.67. The van der Waals surface area contributed by atoms with Gasteiger partial charge in [-0.15, -0.1) is 5.10 Å². The molecule has 0 spiro atoms. The van der Waals surface area contributed by atoms with E-state index in [0.29, 0.717) is 23.9 Å². The van der Waals surface area contributed by atoms with Gasteiger partial charge in [-0.25, -0.2) is 9.97 Å². The van der Waals surface area contributed by atoms with Crippen molar-refractivity contribution in [3.8, 4) is 0 Å². The molecular formula is C22H23N5OS. The zero-order valence-corrected chi connectivity index (χ0v) is 17.5. The molecule has 2 aromatic carbocycles. The fraction of sp³-hybridized carbons (Fsp3) is 0.273. The molecule has 29 heavy (non-hydrogen) atoms. The summed E-state index contributed by atoms with van der Waals surface area (Å²) in [5, 5.41) is 8.92. The number of benzene rings is 2. The summed E-state index contributed by atoms with van der Waals surface area (Å²) in [6.45, 7) is 6.43. The van der Waals surface area contributed by atoms with E-state index in [2.05, 4.69) is 34.5 Å². The number of hydrogen-bond acceptors (Lipinski definition) is 5. The number of aryl methyl sites for hydroxylation is 2. The number of thioether (sulfide) groups is 1. The van der Waals surface area contributed by atoms with Crippen molar-refractivity contribution in [2.45, 2.75) is 44.1 Å². The number of carbonyl (C=O) groups is 1. The molecule has 148 valence electrons. The molecule has 6 nitrogen and oxygen atoms in total. The highest BCUT2D eigenvalue weighted by Crippen LogP contribution is 2.28. The van der Waals surface area contributed by atoms with Crippen LogP contribution in [0.1, 0.15) is 30.3 Å². The van der Waals surface area contributed by atoms with Gasteiger partial charge >= 0.3 is 0 Å². The lowest BCUT2D eigenvalue weighted by molar-refractivity contribution is -0.120. The lowest BCUT2D eigenvalue weighted by Crippen LogP contribution is -2.32. The first-order chi connectivity index (χ1) is 14.0. The van der Waals surface area contributed by atoms with Gasteiger partial charge in [0, 0.05) is 11.9 Å². The summed E-state index contributed by atoms with van der Waals surface area (Å²) in [7, 11) is 0. The third-order valence-electron chi connectivity index (χ3n) is 4.75. The van der Waals surface area contributed by atoms with E-state index in [1.54, 1.807) is 4.52 Å². The molecule has 2 heterocycles. The smallest absolute Gasteiger partial charge is 0.233 e. The second kappa shape index (κ2) is 8.21. The van der Waals surface area contributed by atoms with E-state index in [-0.39, 0.29) is 11.2 Å². The normalized spacial score (nSPS) is 12.4. The molecule has 1 amide bonds. The quantitative estimate of drug-likeness (QED) is 0.387. The van der Waals surface area contributed by atoms with Crippen LogP contribution in [-0.4, -0.2) is 30.7 Å². The van der Waals surface area contributed by atoms with Crippen molar-refractivity contribution in [2.75, 3.05) is 0 Å². The number of carbonyl (C=O) groups excluding carboxylic acids is 1. The van der Waals surface area contributed by atoms with E-state index in [1.807, 2.05) is 50.2 Å². The van der Waals surface area contributed by atoms with E-state index >= 15 is 0 Å². The van der Waals surface area contributed by atoms with Crippen LogP contribution < -0.4 is 5.32 Å². The van der Waals surface area contributed by atoms with Gasteiger partial charge in [0.05, 0.1) is 10.8 Å². The predicted molar refractivity (Wildman–Crippen MR) is 116 cm³/mol. The van der Waals surface area contributed by atoms with E-state index < -0.39 is 0 Å². The Hall–Kier alpha value is -2.93. The Bertz CT molecular complexity index is 1170. The number of rotatable bonds is 6. The number of nitrogens with one attached hydrogen (secondary N) is 1. The van der Waals surface area contributed by atoms with Gasteiger partial charge in [0.1, 0.15) is 5.82 Å². The molecule has 4 aromatic rings. The summed E-state index contributed by atoms with van der Waals surface area (Å²) in [5.41, 5.74) is 3.91. The van der Waals surface area contributed by atoms with Crippen LogP contribution in [0.4, 0.5) is 0 Å². The number of aromatic nitrogens is 4. The first-order valence-corrected chi connectivity index (χ1v) is 10.5. The summed E-state index contributed by atoms with van der Waals surface area (Å²) >= 11 is 1.43. The van der Waals surface area contributed by atoms with Crippen molar-refractivity contribution in [2.24, 2.45) is 0 Å². The summed E-state index contributed by atoms with van der Waals surface area (Å²) in [4.78, 5) is 22.1. The van der Waals surface area contributed by atoms with Crippen LogP contribution in [0.2, 0.25) is 0 Å². The van der Waals surface area contributed by atoms with E-state index in [9.17, 15) is 4.79 Å². The highest BCUT2D eigenvalue weighted by atomic mass is 32.2. The molecule has 1 N–H and O–H groups in total. The number of hydrogen-bond donors (Lipinski definition) is 1. The molecule has 0 fully saturated rings. The standard InChI is InChI=1S/C22H23N5OS/c1-4-19(21(28)23-13-16-11-9-14(2)10-12-16)29-22-25-18-8-6-5-7-17(18)20-24-15(3)26-27(20)22/h5-12,19H,4,13H2,1-3H3,(H,23,28)/t19-/m1/s1. The maximum absolute atomic E-state index is 12.8. The molecule has 0 bridgehead atoms. The topological polar surface area (TPSA) is 72.2 Å². The van der Waals surface area contributed by atoms with E-state index in [1.165, 1.54) is 17.3 Å². The van der Waals surface area contributed by atoms with Crippen molar-refractivity contribution in [3.63, 3.8) is 0 Å². The summed E-state index contributed by atoms with van der Waals surface area (Å²) in [5.74, 6) is 0.680. The molecule has 0 aliphatic heterocycles. The Kier molecular flexibility index (Phi) is 5.49. The molecule has 0 saturated heterocycles. The third kappa shape index (κ3) is 4.10. The number of para-hydroxylation sites is 1. The van der Waals surface area contributed by atoms with Crippen LogP contribution in [0.5, 0.6) is 0 Å². The van der Waals surface area contributed by atoms with Gasteiger partial charge in [-0.2, -0.15) is 4.52 Å². The molecule has 0 aliphatic rings. The highest BCUT2D eigenvalue weighted by Gasteiger charge is 2.22. The molecule has 1 atom stereocenters. The van der Waals surface area contributed by atoms with Crippen LogP contribution in [0.15, 0.2) is 53.7 Å². The summed E-state index contributed by atoms with van der Waals surface area (Å²) in [6.07, 6.45) is 0.689. The average molecular weight is 406 g/mol. The fourth-order valence-electron chi connectivity index (χ4n) is 3.17. The monoisotopic (exact) mass is 405 g/mol. The maximum atomic E-state index is 12.8. The number of amides is 1. The van der Waals surface area contributed by atoms with E-state index in [0.717, 1.165) is 22.1 Å². The van der Waals surface area contributed by atoms with Crippen molar-refractivity contribution in [1.29, 1.82) is 0 Å². The molecule has 4 rings (SSSR count). The molecule has 0 radical (unpaired) electrons.